The molecule has 2 saturated heterocycles. The maximum absolute atomic E-state index is 12.6. The second-order valence-corrected chi connectivity index (χ2v) is 6.35. The van der Waals surface area contributed by atoms with E-state index in [2.05, 4.69) is 25.0 Å². The molecule has 2 aromatic heterocycles. The summed E-state index contributed by atoms with van der Waals surface area (Å²) in [4.78, 5) is 8.34. The van der Waals surface area contributed by atoms with Gasteiger partial charge in [0.25, 0.3) is 0 Å². The van der Waals surface area contributed by atoms with Gasteiger partial charge >= 0.3 is 6.18 Å². The van der Waals surface area contributed by atoms with E-state index in [0.717, 1.165) is 38.4 Å². The second-order valence-electron chi connectivity index (χ2n) is 6.35. The molecule has 2 atom stereocenters. The molecule has 0 spiro atoms. The average Bonchev–Trinajstić information content (AvgIpc) is 3.23. The molecule has 0 bridgehead atoms. The molecule has 0 amide bonds. The zero-order chi connectivity index (χ0) is 16.7. The minimum Gasteiger partial charge on any atom is -0.427 e. The smallest absolute Gasteiger partial charge is 0.417 e. The van der Waals surface area contributed by atoms with Gasteiger partial charge in [-0.15, -0.1) is 10.2 Å². The Hall–Kier alpha value is -2.16. The van der Waals surface area contributed by atoms with Crippen LogP contribution in [0.5, 0.6) is 0 Å². The highest BCUT2D eigenvalue weighted by molar-refractivity contribution is 5.41. The van der Waals surface area contributed by atoms with Crippen LogP contribution in [0, 0.1) is 11.8 Å². The lowest BCUT2D eigenvalue weighted by molar-refractivity contribution is -0.137. The molecule has 2 aliphatic heterocycles. The maximum Gasteiger partial charge on any atom is 0.417 e. The fraction of sp³-hybridized carbons (Fsp3) is 0.533. The van der Waals surface area contributed by atoms with Crippen LogP contribution in [0.2, 0.25) is 0 Å². The van der Waals surface area contributed by atoms with Crippen molar-refractivity contribution >= 4 is 5.82 Å². The molecule has 2 unspecified atom stereocenters. The molecular weight excluding hydrogens is 323 g/mol. The maximum atomic E-state index is 12.6. The fourth-order valence-electron chi connectivity index (χ4n) is 3.60. The van der Waals surface area contributed by atoms with Crippen molar-refractivity contribution in [2.75, 3.05) is 31.1 Å². The second kappa shape index (κ2) is 5.73. The molecule has 2 fully saturated rings. The van der Waals surface area contributed by atoms with Crippen LogP contribution in [0.4, 0.5) is 19.0 Å². The third-order valence-corrected chi connectivity index (χ3v) is 4.73. The third kappa shape index (κ3) is 2.95. The first-order valence-electron chi connectivity index (χ1n) is 7.74. The average molecular weight is 339 g/mol. The molecule has 4 heterocycles. The van der Waals surface area contributed by atoms with Crippen LogP contribution in [0.1, 0.15) is 11.5 Å². The number of hydrogen-bond donors (Lipinski definition) is 0. The Bertz CT molecular complexity index is 674. The number of pyridine rings is 1. The first-order valence-corrected chi connectivity index (χ1v) is 7.74. The number of halogens is 3. The van der Waals surface area contributed by atoms with Crippen LogP contribution in [0.3, 0.4) is 0 Å². The van der Waals surface area contributed by atoms with Gasteiger partial charge in [0.1, 0.15) is 5.82 Å². The molecule has 24 heavy (non-hydrogen) atoms. The van der Waals surface area contributed by atoms with Crippen LogP contribution < -0.4 is 4.90 Å². The van der Waals surface area contributed by atoms with Crippen LogP contribution in [0.25, 0.3) is 0 Å². The Kier molecular flexibility index (Phi) is 3.67. The van der Waals surface area contributed by atoms with E-state index in [4.69, 9.17) is 4.42 Å². The Labute approximate surface area is 136 Å². The van der Waals surface area contributed by atoms with Crippen molar-refractivity contribution in [3.8, 4) is 0 Å². The first-order chi connectivity index (χ1) is 11.5. The number of rotatable bonds is 3. The summed E-state index contributed by atoms with van der Waals surface area (Å²) in [6, 6.07) is 2.55. The summed E-state index contributed by atoms with van der Waals surface area (Å²) in [5.74, 6) is 2.19. The minimum atomic E-state index is -4.34. The molecule has 0 radical (unpaired) electrons. The Balaban J connectivity index is 1.37. The van der Waals surface area contributed by atoms with Gasteiger partial charge in [-0.2, -0.15) is 13.2 Å². The Morgan fingerprint density at radius 3 is 2.42 bits per heavy atom. The van der Waals surface area contributed by atoms with E-state index in [-0.39, 0.29) is 0 Å². The highest BCUT2D eigenvalue weighted by atomic mass is 19.4. The van der Waals surface area contributed by atoms with Crippen molar-refractivity contribution in [1.82, 2.24) is 20.1 Å². The van der Waals surface area contributed by atoms with Crippen molar-refractivity contribution in [2.45, 2.75) is 12.7 Å². The van der Waals surface area contributed by atoms with E-state index < -0.39 is 11.7 Å². The predicted molar refractivity (Wildman–Crippen MR) is 78.0 cm³/mol. The Morgan fingerprint density at radius 1 is 1.12 bits per heavy atom. The molecular formula is C15H16F3N5O. The number of alkyl halides is 3. The van der Waals surface area contributed by atoms with Gasteiger partial charge in [-0.05, 0) is 24.0 Å². The zero-order valence-corrected chi connectivity index (χ0v) is 12.8. The van der Waals surface area contributed by atoms with Crippen LogP contribution in [-0.2, 0) is 12.7 Å². The molecule has 2 aliphatic rings. The van der Waals surface area contributed by atoms with Gasteiger partial charge in [-0.1, -0.05) is 0 Å². The van der Waals surface area contributed by atoms with E-state index in [1.54, 1.807) is 0 Å². The molecule has 6 nitrogen and oxygen atoms in total. The standard InChI is InChI=1S/C15H16F3N5O/c16-15(17,18)12-1-2-13(19-3-12)23-6-10-4-22(5-11(10)7-23)8-14-21-20-9-24-14/h1-3,9-11H,4-8H2. The lowest BCUT2D eigenvalue weighted by atomic mass is 10.0. The topological polar surface area (TPSA) is 58.3 Å². The SMILES string of the molecule is FC(F)(F)c1ccc(N2CC3CN(Cc4nnco4)CC3C2)nc1. The van der Waals surface area contributed by atoms with E-state index in [9.17, 15) is 13.2 Å². The summed E-state index contributed by atoms with van der Waals surface area (Å²) >= 11 is 0. The van der Waals surface area contributed by atoms with Gasteiger partial charge in [0, 0.05) is 32.4 Å². The number of likely N-dealkylation sites (tertiary alicyclic amines) is 1. The molecule has 9 heteroatoms. The van der Waals surface area contributed by atoms with Crippen molar-refractivity contribution < 1.29 is 17.6 Å². The number of aromatic nitrogens is 3. The van der Waals surface area contributed by atoms with Crippen molar-refractivity contribution in [2.24, 2.45) is 11.8 Å². The van der Waals surface area contributed by atoms with Crippen molar-refractivity contribution in [1.29, 1.82) is 0 Å². The van der Waals surface area contributed by atoms with Gasteiger partial charge in [-0.25, -0.2) is 4.98 Å². The lowest BCUT2D eigenvalue weighted by Crippen LogP contribution is -2.29. The molecule has 0 N–H and O–H groups in total. The zero-order valence-electron chi connectivity index (χ0n) is 12.8. The number of fused-ring (bicyclic) bond motifs is 1. The van der Waals surface area contributed by atoms with E-state index >= 15 is 0 Å². The predicted octanol–water partition coefficient (Wildman–Crippen LogP) is 2.05. The Morgan fingerprint density at radius 2 is 1.88 bits per heavy atom. The summed E-state index contributed by atoms with van der Waals surface area (Å²) in [6.45, 7) is 4.10. The molecule has 2 aromatic rings. The van der Waals surface area contributed by atoms with Crippen LogP contribution in [-0.4, -0.2) is 46.3 Å². The van der Waals surface area contributed by atoms with Crippen LogP contribution >= 0.6 is 0 Å². The van der Waals surface area contributed by atoms with Gasteiger partial charge in [0.2, 0.25) is 12.3 Å². The molecule has 4 rings (SSSR count). The van der Waals surface area contributed by atoms with E-state index in [1.165, 1.54) is 12.5 Å². The number of anilines is 1. The highest BCUT2D eigenvalue weighted by Gasteiger charge is 2.41. The summed E-state index contributed by atoms with van der Waals surface area (Å²) < 4.78 is 43.0. The largest absolute Gasteiger partial charge is 0.427 e. The summed E-state index contributed by atoms with van der Waals surface area (Å²) in [5, 5.41) is 7.57. The van der Waals surface area contributed by atoms with Gasteiger partial charge in [-0.3, -0.25) is 4.90 Å². The van der Waals surface area contributed by atoms with E-state index in [0.29, 0.717) is 30.1 Å². The fourth-order valence-corrected chi connectivity index (χ4v) is 3.60. The van der Waals surface area contributed by atoms with Gasteiger partial charge < -0.3 is 9.32 Å². The number of hydrogen-bond acceptors (Lipinski definition) is 6. The summed E-state index contributed by atoms with van der Waals surface area (Å²) in [7, 11) is 0. The molecule has 0 saturated carbocycles. The third-order valence-electron chi connectivity index (χ3n) is 4.73. The normalized spacial score (nSPS) is 24.5. The molecule has 0 aliphatic carbocycles. The number of nitrogens with zero attached hydrogens (tertiary/aromatic N) is 5. The van der Waals surface area contributed by atoms with Crippen molar-refractivity contribution in [3.05, 3.63) is 36.2 Å². The van der Waals surface area contributed by atoms with Crippen molar-refractivity contribution in [3.63, 3.8) is 0 Å². The quantitative estimate of drug-likeness (QED) is 0.853. The monoisotopic (exact) mass is 339 g/mol. The van der Waals surface area contributed by atoms with Crippen LogP contribution in [0.15, 0.2) is 29.1 Å². The van der Waals surface area contributed by atoms with Gasteiger partial charge in [0.15, 0.2) is 0 Å². The van der Waals surface area contributed by atoms with Gasteiger partial charge in [0.05, 0.1) is 12.1 Å². The van der Waals surface area contributed by atoms with E-state index in [1.807, 2.05) is 0 Å². The highest BCUT2D eigenvalue weighted by Crippen LogP contribution is 2.35. The molecule has 128 valence electrons. The summed E-state index contributed by atoms with van der Waals surface area (Å²) in [6.07, 6.45) is -2.11. The summed E-state index contributed by atoms with van der Waals surface area (Å²) in [5.41, 5.74) is -0.712. The first kappa shape index (κ1) is 15.4. The lowest BCUT2D eigenvalue weighted by Gasteiger charge is -2.21. The minimum absolute atomic E-state index is 0.483. The molecule has 0 aromatic carbocycles.